The van der Waals surface area contributed by atoms with Crippen LogP contribution in [0.2, 0.25) is 0 Å². The number of carbonyl (C=O) groups is 3. The first-order valence-corrected chi connectivity index (χ1v) is 11.5. The maximum absolute atomic E-state index is 14.2. The van der Waals surface area contributed by atoms with Crippen molar-refractivity contribution in [2.75, 3.05) is 25.6 Å². The molecule has 3 heterocycles. The number of fused-ring (bicyclic) bond motifs is 1. The Hall–Kier alpha value is -3.56. The molecular weight excluding hydrogens is 453 g/mol. The maximum Gasteiger partial charge on any atom is 0.246 e. The molecule has 0 aromatic heterocycles. The number of benzene rings is 2. The van der Waals surface area contributed by atoms with Crippen LogP contribution >= 0.6 is 0 Å². The fourth-order valence-electron chi connectivity index (χ4n) is 5.36. The first-order valence-electron chi connectivity index (χ1n) is 11.5. The van der Waals surface area contributed by atoms with Crippen molar-refractivity contribution in [2.24, 2.45) is 11.8 Å². The summed E-state index contributed by atoms with van der Waals surface area (Å²) in [6.45, 7) is 0.671. The molecule has 2 aromatic rings. The number of methoxy groups -OCH3 is 1. The van der Waals surface area contributed by atoms with E-state index in [9.17, 15) is 18.8 Å². The van der Waals surface area contributed by atoms with Crippen molar-refractivity contribution >= 4 is 23.4 Å². The zero-order chi connectivity index (χ0) is 24.6. The van der Waals surface area contributed by atoms with Gasteiger partial charge in [0.1, 0.15) is 17.5 Å². The van der Waals surface area contributed by atoms with Gasteiger partial charge in [0, 0.05) is 20.2 Å². The number of halogens is 1. The third-order valence-corrected chi connectivity index (χ3v) is 6.90. The number of anilines is 1. The van der Waals surface area contributed by atoms with E-state index in [1.165, 1.54) is 30.2 Å². The van der Waals surface area contributed by atoms with Crippen LogP contribution in [0.15, 0.2) is 66.7 Å². The summed E-state index contributed by atoms with van der Waals surface area (Å²) in [5.74, 6) is -3.64. The van der Waals surface area contributed by atoms with Gasteiger partial charge in [-0.05, 0) is 17.7 Å². The van der Waals surface area contributed by atoms with Crippen molar-refractivity contribution in [3.8, 4) is 0 Å². The van der Waals surface area contributed by atoms with E-state index >= 15 is 0 Å². The average Bonchev–Trinajstić information content (AvgIpc) is 3.50. The van der Waals surface area contributed by atoms with Crippen LogP contribution < -0.4 is 10.6 Å². The molecule has 3 aliphatic rings. The lowest BCUT2D eigenvalue weighted by Crippen LogP contribution is -2.55. The number of carbonyl (C=O) groups excluding carboxylic acids is 3. The standard InChI is InChI=1S/C26H26FN3O5/c1-34-14-13-30-22(24(32)28-15-16-7-3-2-4-8-16)26-12-11-19(35-26)20(21(26)25(30)33)23(31)29-18-10-6-5-9-17(18)27/h2-12,19-22H,13-15H2,1H3,(H,28,32)(H,29,31)/t19-,20-,21+,22-,26+/m1/s1. The van der Waals surface area contributed by atoms with Crippen molar-refractivity contribution in [3.05, 3.63) is 78.1 Å². The van der Waals surface area contributed by atoms with E-state index in [0.717, 1.165) is 5.56 Å². The Morgan fingerprint density at radius 1 is 1.11 bits per heavy atom. The van der Waals surface area contributed by atoms with Gasteiger partial charge in [0.05, 0.1) is 30.2 Å². The van der Waals surface area contributed by atoms with Crippen LogP contribution in [0.1, 0.15) is 5.56 Å². The minimum atomic E-state index is -1.28. The molecular formula is C26H26FN3O5. The Labute approximate surface area is 202 Å². The van der Waals surface area contributed by atoms with Crippen molar-refractivity contribution in [2.45, 2.75) is 24.3 Å². The zero-order valence-electron chi connectivity index (χ0n) is 19.1. The van der Waals surface area contributed by atoms with Crippen LogP contribution in [0.5, 0.6) is 0 Å². The molecule has 3 aliphatic heterocycles. The molecule has 0 saturated carbocycles. The van der Waals surface area contributed by atoms with Gasteiger partial charge in [-0.3, -0.25) is 14.4 Å². The van der Waals surface area contributed by atoms with Gasteiger partial charge in [-0.1, -0.05) is 54.6 Å². The van der Waals surface area contributed by atoms with Gasteiger partial charge in [-0.15, -0.1) is 0 Å². The molecule has 5 rings (SSSR count). The molecule has 1 spiro atoms. The van der Waals surface area contributed by atoms with Crippen LogP contribution in [0.4, 0.5) is 10.1 Å². The van der Waals surface area contributed by atoms with E-state index in [2.05, 4.69) is 10.6 Å². The number of hydrogen-bond acceptors (Lipinski definition) is 5. The molecule has 2 fully saturated rings. The predicted octanol–water partition coefficient (Wildman–Crippen LogP) is 1.88. The molecule has 2 saturated heterocycles. The van der Waals surface area contributed by atoms with Gasteiger partial charge in [0.2, 0.25) is 17.7 Å². The van der Waals surface area contributed by atoms with E-state index in [0.29, 0.717) is 0 Å². The summed E-state index contributed by atoms with van der Waals surface area (Å²) in [5.41, 5.74) is -0.345. The Morgan fingerprint density at radius 3 is 2.60 bits per heavy atom. The number of hydrogen-bond donors (Lipinski definition) is 2. The normalized spacial score (nSPS) is 28.3. The number of likely N-dealkylation sites (tertiary alicyclic amines) is 1. The van der Waals surface area contributed by atoms with Gasteiger partial charge in [-0.2, -0.15) is 0 Å². The highest BCUT2D eigenvalue weighted by atomic mass is 19.1. The Morgan fingerprint density at radius 2 is 1.86 bits per heavy atom. The fraction of sp³-hybridized carbons (Fsp3) is 0.346. The maximum atomic E-state index is 14.2. The lowest BCUT2D eigenvalue weighted by molar-refractivity contribution is -0.141. The average molecular weight is 480 g/mol. The fourth-order valence-corrected chi connectivity index (χ4v) is 5.36. The van der Waals surface area contributed by atoms with Crippen molar-refractivity contribution in [1.29, 1.82) is 0 Å². The number of nitrogens with zero attached hydrogens (tertiary/aromatic N) is 1. The van der Waals surface area contributed by atoms with E-state index in [1.54, 1.807) is 18.2 Å². The largest absolute Gasteiger partial charge is 0.383 e. The molecule has 35 heavy (non-hydrogen) atoms. The van der Waals surface area contributed by atoms with Crippen molar-refractivity contribution in [3.63, 3.8) is 0 Å². The minimum Gasteiger partial charge on any atom is -0.383 e. The van der Waals surface area contributed by atoms with Crippen molar-refractivity contribution < 1.29 is 28.2 Å². The third kappa shape index (κ3) is 3.90. The molecule has 5 atom stereocenters. The number of rotatable bonds is 8. The smallest absolute Gasteiger partial charge is 0.246 e. The third-order valence-electron chi connectivity index (χ3n) is 6.90. The summed E-state index contributed by atoms with van der Waals surface area (Å²) < 4.78 is 25.6. The Kier molecular flexibility index (Phi) is 6.12. The summed E-state index contributed by atoms with van der Waals surface area (Å²) >= 11 is 0. The first-order chi connectivity index (χ1) is 17.0. The summed E-state index contributed by atoms with van der Waals surface area (Å²) in [7, 11) is 1.51. The molecule has 0 radical (unpaired) electrons. The second-order valence-corrected chi connectivity index (χ2v) is 8.90. The molecule has 2 N–H and O–H groups in total. The molecule has 2 bridgehead atoms. The molecule has 8 nitrogen and oxygen atoms in total. The molecule has 0 unspecified atom stereocenters. The quantitative estimate of drug-likeness (QED) is 0.564. The van der Waals surface area contributed by atoms with Crippen molar-refractivity contribution in [1.82, 2.24) is 10.2 Å². The summed E-state index contributed by atoms with van der Waals surface area (Å²) in [4.78, 5) is 41.8. The predicted molar refractivity (Wildman–Crippen MR) is 124 cm³/mol. The minimum absolute atomic E-state index is 0.0251. The van der Waals surface area contributed by atoms with E-state index in [-0.39, 0.29) is 37.2 Å². The SMILES string of the molecule is COCCN1C(=O)[C@@H]2[C@H](C(=O)Nc3ccccc3F)[C@H]3C=C[C@@]2(O3)[C@H]1C(=O)NCc1ccccc1. The lowest BCUT2D eigenvalue weighted by Gasteiger charge is -2.32. The molecule has 2 aromatic carbocycles. The highest BCUT2D eigenvalue weighted by molar-refractivity contribution is 6.02. The van der Waals surface area contributed by atoms with Crippen LogP contribution in [-0.4, -0.2) is 60.6 Å². The highest BCUT2D eigenvalue weighted by Crippen LogP contribution is 2.55. The topological polar surface area (TPSA) is 97.0 Å². The molecule has 9 heteroatoms. The van der Waals surface area contributed by atoms with Gasteiger partial charge in [0.15, 0.2) is 0 Å². The highest BCUT2D eigenvalue weighted by Gasteiger charge is 2.72. The number of nitrogens with one attached hydrogen (secondary N) is 2. The monoisotopic (exact) mass is 479 g/mol. The summed E-state index contributed by atoms with van der Waals surface area (Å²) in [5, 5.41) is 5.50. The molecule has 3 amide bonds. The van der Waals surface area contributed by atoms with E-state index in [4.69, 9.17) is 9.47 Å². The van der Waals surface area contributed by atoms with E-state index in [1.807, 2.05) is 30.3 Å². The van der Waals surface area contributed by atoms with Gasteiger partial charge in [0.25, 0.3) is 0 Å². The second-order valence-electron chi connectivity index (χ2n) is 8.90. The Balaban J connectivity index is 1.42. The number of amides is 3. The van der Waals surface area contributed by atoms with Crippen LogP contribution in [0, 0.1) is 17.7 Å². The first kappa shape index (κ1) is 23.2. The van der Waals surface area contributed by atoms with Crippen LogP contribution in [0.25, 0.3) is 0 Å². The van der Waals surface area contributed by atoms with Gasteiger partial charge in [-0.25, -0.2) is 4.39 Å². The summed E-state index contributed by atoms with van der Waals surface area (Å²) in [6, 6.07) is 14.3. The lowest BCUT2D eigenvalue weighted by atomic mass is 9.74. The second kappa shape index (κ2) is 9.24. The zero-order valence-corrected chi connectivity index (χ0v) is 19.1. The Bertz CT molecular complexity index is 1170. The van der Waals surface area contributed by atoms with E-state index < -0.39 is 41.3 Å². The number of para-hydroxylation sites is 1. The van der Waals surface area contributed by atoms with Crippen LogP contribution in [-0.2, 0) is 30.4 Å². The molecule has 182 valence electrons. The van der Waals surface area contributed by atoms with Crippen LogP contribution in [0.3, 0.4) is 0 Å². The van der Waals surface area contributed by atoms with Gasteiger partial charge >= 0.3 is 0 Å². The molecule has 0 aliphatic carbocycles. The number of ether oxygens (including phenoxy) is 2. The van der Waals surface area contributed by atoms with Gasteiger partial charge < -0.3 is 25.0 Å². The summed E-state index contributed by atoms with van der Waals surface area (Å²) in [6.07, 6.45) is 2.75.